The minimum absolute atomic E-state index is 0.221. The molecule has 0 unspecified atom stereocenters. The zero-order valence-electron chi connectivity index (χ0n) is 11.9. The number of nitrogens with zero attached hydrogens (tertiary/aromatic N) is 2. The minimum atomic E-state index is -0.439. The number of amides is 1. The number of aromatic nitrogens is 1. The van der Waals surface area contributed by atoms with Crippen LogP contribution < -0.4 is 5.43 Å². The summed E-state index contributed by atoms with van der Waals surface area (Å²) in [5.74, 6) is -0.274. The van der Waals surface area contributed by atoms with E-state index in [0.29, 0.717) is 25.3 Å². The molecule has 1 aliphatic heterocycles. The summed E-state index contributed by atoms with van der Waals surface area (Å²) in [5, 5.41) is 9.42. The van der Waals surface area contributed by atoms with Crippen LogP contribution in [-0.2, 0) is 24.4 Å². The summed E-state index contributed by atoms with van der Waals surface area (Å²) in [6, 6.07) is 10.8. The Labute approximate surface area is 127 Å². The van der Waals surface area contributed by atoms with E-state index < -0.39 is 11.5 Å². The molecule has 2 heterocycles. The van der Waals surface area contributed by atoms with E-state index in [1.807, 2.05) is 30.3 Å². The van der Waals surface area contributed by atoms with Crippen LogP contribution in [0.2, 0.25) is 0 Å². The SMILES string of the molecule is O=C(OCc1ccccc1)N1CCn2cc(O)c(=O)cc2C1. The maximum Gasteiger partial charge on any atom is 0.410 e. The molecule has 1 aromatic carbocycles. The molecule has 3 rings (SSSR count). The summed E-state index contributed by atoms with van der Waals surface area (Å²) in [4.78, 5) is 25.1. The van der Waals surface area contributed by atoms with Crippen molar-refractivity contribution in [2.45, 2.75) is 19.7 Å². The molecule has 1 amide bonds. The molecule has 2 aromatic rings. The lowest BCUT2D eigenvalue weighted by molar-refractivity contribution is 0.0865. The molecule has 1 aliphatic rings. The molecular weight excluding hydrogens is 284 g/mol. The van der Waals surface area contributed by atoms with Gasteiger partial charge in [-0.25, -0.2) is 4.79 Å². The molecular formula is C16H16N2O4. The van der Waals surface area contributed by atoms with Gasteiger partial charge in [0.25, 0.3) is 0 Å². The second kappa shape index (κ2) is 5.93. The monoisotopic (exact) mass is 300 g/mol. The maximum absolute atomic E-state index is 12.1. The van der Waals surface area contributed by atoms with Crippen molar-refractivity contribution in [3.8, 4) is 5.75 Å². The second-order valence-electron chi connectivity index (χ2n) is 5.17. The zero-order valence-corrected chi connectivity index (χ0v) is 11.9. The Kier molecular flexibility index (Phi) is 3.82. The number of carbonyl (C=O) groups excluding carboxylic acids is 1. The van der Waals surface area contributed by atoms with Gasteiger partial charge in [-0.1, -0.05) is 30.3 Å². The van der Waals surface area contributed by atoms with E-state index in [0.717, 1.165) is 5.56 Å². The van der Waals surface area contributed by atoms with Crippen LogP contribution in [0.15, 0.2) is 47.4 Å². The summed E-state index contributed by atoms with van der Waals surface area (Å²) in [7, 11) is 0. The van der Waals surface area contributed by atoms with Crippen LogP contribution in [-0.4, -0.2) is 27.2 Å². The Hall–Kier alpha value is -2.76. The maximum atomic E-state index is 12.1. The number of fused-ring (bicyclic) bond motifs is 1. The van der Waals surface area contributed by atoms with Crippen LogP contribution >= 0.6 is 0 Å². The highest BCUT2D eigenvalue weighted by Crippen LogP contribution is 2.15. The average molecular weight is 300 g/mol. The summed E-state index contributed by atoms with van der Waals surface area (Å²) in [5.41, 5.74) is 1.17. The van der Waals surface area contributed by atoms with Crippen LogP contribution in [0.3, 0.4) is 0 Å². The van der Waals surface area contributed by atoms with Crippen LogP contribution in [0.25, 0.3) is 0 Å². The van der Waals surface area contributed by atoms with Crippen molar-refractivity contribution >= 4 is 6.09 Å². The van der Waals surface area contributed by atoms with E-state index in [1.165, 1.54) is 12.3 Å². The van der Waals surface area contributed by atoms with Crippen molar-refractivity contribution in [2.75, 3.05) is 6.54 Å². The van der Waals surface area contributed by atoms with E-state index in [1.54, 1.807) is 9.47 Å². The number of hydrogen-bond donors (Lipinski definition) is 1. The van der Waals surface area contributed by atoms with Crippen LogP contribution in [0, 0.1) is 0 Å². The Bertz CT molecular complexity index is 740. The molecule has 0 aliphatic carbocycles. The molecule has 6 heteroatoms. The second-order valence-corrected chi connectivity index (χ2v) is 5.17. The number of carbonyl (C=O) groups is 1. The van der Waals surface area contributed by atoms with Gasteiger partial charge in [0.1, 0.15) is 6.61 Å². The van der Waals surface area contributed by atoms with Gasteiger partial charge < -0.3 is 19.3 Å². The predicted octanol–water partition coefficient (Wildman–Crippen LogP) is 1.71. The number of pyridine rings is 1. The van der Waals surface area contributed by atoms with Gasteiger partial charge in [0.05, 0.1) is 12.7 Å². The molecule has 0 atom stereocenters. The van der Waals surface area contributed by atoms with E-state index in [2.05, 4.69) is 0 Å². The predicted molar refractivity (Wildman–Crippen MR) is 79.4 cm³/mol. The first-order valence-corrected chi connectivity index (χ1v) is 7.01. The summed E-state index contributed by atoms with van der Waals surface area (Å²) in [6.07, 6.45) is 1.00. The summed E-state index contributed by atoms with van der Waals surface area (Å²) in [6.45, 7) is 1.51. The first-order valence-electron chi connectivity index (χ1n) is 7.01. The van der Waals surface area contributed by atoms with Gasteiger partial charge in [-0.05, 0) is 5.56 Å². The molecule has 0 fully saturated rings. The molecule has 0 spiro atoms. The lowest BCUT2D eigenvalue weighted by Crippen LogP contribution is -2.39. The van der Waals surface area contributed by atoms with Crippen molar-refractivity contribution in [1.82, 2.24) is 9.47 Å². The average Bonchev–Trinajstić information content (AvgIpc) is 2.54. The van der Waals surface area contributed by atoms with Gasteiger partial charge in [0, 0.05) is 24.8 Å². The van der Waals surface area contributed by atoms with Crippen molar-refractivity contribution < 1.29 is 14.6 Å². The van der Waals surface area contributed by atoms with Gasteiger partial charge in [-0.2, -0.15) is 0 Å². The highest BCUT2D eigenvalue weighted by molar-refractivity contribution is 5.67. The van der Waals surface area contributed by atoms with E-state index in [9.17, 15) is 14.7 Å². The van der Waals surface area contributed by atoms with Gasteiger partial charge in [0.2, 0.25) is 5.43 Å². The van der Waals surface area contributed by atoms with Gasteiger partial charge >= 0.3 is 6.09 Å². The third-order valence-electron chi connectivity index (χ3n) is 3.62. The lowest BCUT2D eigenvalue weighted by atomic mass is 10.2. The normalized spacial score (nSPS) is 13.5. The Morgan fingerprint density at radius 3 is 2.77 bits per heavy atom. The molecule has 1 N–H and O–H groups in total. The third-order valence-corrected chi connectivity index (χ3v) is 3.62. The molecule has 0 bridgehead atoms. The number of rotatable bonds is 2. The number of ether oxygens (including phenoxy) is 1. The molecule has 0 saturated carbocycles. The van der Waals surface area contributed by atoms with Crippen molar-refractivity contribution in [3.63, 3.8) is 0 Å². The number of benzene rings is 1. The van der Waals surface area contributed by atoms with Gasteiger partial charge in [-0.3, -0.25) is 4.79 Å². The first-order chi connectivity index (χ1) is 10.6. The third kappa shape index (κ3) is 2.95. The minimum Gasteiger partial charge on any atom is -0.503 e. The van der Waals surface area contributed by atoms with E-state index in [-0.39, 0.29) is 12.4 Å². The Morgan fingerprint density at radius 1 is 1.23 bits per heavy atom. The molecule has 0 saturated heterocycles. The fourth-order valence-electron chi connectivity index (χ4n) is 2.42. The fraction of sp³-hybridized carbons (Fsp3) is 0.250. The summed E-state index contributed by atoms with van der Waals surface area (Å²) < 4.78 is 7.06. The smallest absolute Gasteiger partial charge is 0.410 e. The highest BCUT2D eigenvalue weighted by atomic mass is 16.6. The van der Waals surface area contributed by atoms with Crippen LogP contribution in [0.1, 0.15) is 11.3 Å². The molecule has 114 valence electrons. The molecule has 6 nitrogen and oxygen atoms in total. The standard InChI is InChI=1S/C16H16N2O4/c19-14-8-13-9-18(7-6-17(13)10-15(14)20)16(21)22-11-12-4-2-1-3-5-12/h1-5,8,10,20H,6-7,9,11H2. The number of hydrogen-bond acceptors (Lipinski definition) is 4. The van der Waals surface area contributed by atoms with Crippen LogP contribution in [0.4, 0.5) is 4.79 Å². The number of aromatic hydroxyl groups is 1. The molecule has 0 radical (unpaired) electrons. The summed E-state index contributed by atoms with van der Waals surface area (Å²) >= 11 is 0. The van der Waals surface area contributed by atoms with E-state index in [4.69, 9.17) is 4.74 Å². The van der Waals surface area contributed by atoms with Crippen molar-refractivity contribution in [2.24, 2.45) is 0 Å². The van der Waals surface area contributed by atoms with Crippen LogP contribution in [0.5, 0.6) is 5.75 Å². The quantitative estimate of drug-likeness (QED) is 0.916. The van der Waals surface area contributed by atoms with Crippen molar-refractivity contribution in [3.05, 3.63) is 64.1 Å². The topological polar surface area (TPSA) is 71.8 Å². The first kappa shape index (κ1) is 14.2. The Balaban J connectivity index is 1.65. The Morgan fingerprint density at radius 2 is 2.00 bits per heavy atom. The van der Waals surface area contributed by atoms with Gasteiger partial charge in [0.15, 0.2) is 5.75 Å². The fourth-order valence-corrected chi connectivity index (χ4v) is 2.42. The lowest BCUT2D eigenvalue weighted by Gasteiger charge is -2.29. The largest absolute Gasteiger partial charge is 0.503 e. The molecule has 22 heavy (non-hydrogen) atoms. The molecule has 1 aromatic heterocycles. The van der Waals surface area contributed by atoms with E-state index >= 15 is 0 Å². The van der Waals surface area contributed by atoms with Crippen molar-refractivity contribution in [1.29, 1.82) is 0 Å². The zero-order chi connectivity index (χ0) is 15.5. The highest BCUT2D eigenvalue weighted by Gasteiger charge is 2.22. The van der Waals surface area contributed by atoms with Gasteiger partial charge in [-0.15, -0.1) is 0 Å².